The van der Waals surface area contributed by atoms with E-state index in [1.54, 1.807) is 12.1 Å². The molecule has 0 radical (unpaired) electrons. The first-order valence-electron chi connectivity index (χ1n) is 5.98. The minimum atomic E-state index is -0.505. The van der Waals surface area contributed by atoms with Crippen LogP contribution in [-0.4, -0.2) is 24.0 Å². The monoisotopic (exact) mass is 343 g/mol. The Labute approximate surface area is 123 Å². The van der Waals surface area contributed by atoms with Gasteiger partial charge in [-0.3, -0.25) is 9.59 Å². The Morgan fingerprint density at radius 2 is 1.84 bits per heavy atom. The van der Waals surface area contributed by atoms with Gasteiger partial charge in [0.15, 0.2) is 0 Å². The average Bonchev–Trinajstić information content (AvgIpc) is 2.80. The van der Waals surface area contributed by atoms with Crippen LogP contribution < -0.4 is 4.90 Å². The summed E-state index contributed by atoms with van der Waals surface area (Å²) in [5, 5.41) is 0.526. The van der Waals surface area contributed by atoms with Crippen molar-refractivity contribution in [3.8, 4) is 0 Å². The zero-order chi connectivity index (χ0) is 13.7. The van der Waals surface area contributed by atoms with Crippen LogP contribution in [0.3, 0.4) is 0 Å². The maximum Gasteiger partial charge on any atom is 0.263 e. The smallest absolute Gasteiger partial charge is 0.263 e. The normalized spacial score (nSPS) is 26.2. The molecule has 19 heavy (non-hydrogen) atoms. The Balaban J connectivity index is 2.08. The summed E-state index contributed by atoms with van der Waals surface area (Å²) in [6.07, 6.45) is 0.190. The fourth-order valence-electron chi connectivity index (χ4n) is 2.44. The number of amides is 2. The van der Waals surface area contributed by atoms with Crippen molar-refractivity contribution < 1.29 is 14.3 Å². The minimum absolute atomic E-state index is 0.306. The zero-order valence-electron chi connectivity index (χ0n) is 10.2. The van der Waals surface area contributed by atoms with Gasteiger partial charge < -0.3 is 4.74 Å². The predicted molar refractivity (Wildman–Crippen MR) is 74.3 cm³/mol. The number of hydrogen-bond acceptors (Lipinski definition) is 3. The molecular formula is C13H11BrClNO3. The van der Waals surface area contributed by atoms with E-state index in [9.17, 15) is 9.59 Å². The van der Waals surface area contributed by atoms with Gasteiger partial charge in [-0.2, -0.15) is 0 Å². The molecule has 0 aromatic heterocycles. The number of hydrogen-bond donors (Lipinski definition) is 0. The number of anilines is 1. The zero-order valence-corrected chi connectivity index (χ0v) is 12.5. The Morgan fingerprint density at radius 3 is 2.42 bits per heavy atom. The van der Waals surface area contributed by atoms with Crippen molar-refractivity contribution in [3.63, 3.8) is 0 Å². The molecule has 0 aliphatic carbocycles. The number of ether oxygens (including phenoxy) is 1. The molecule has 2 heterocycles. The van der Waals surface area contributed by atoms with Crippen LogP contribution in [0.5, 0.6) is 0 Å². The molecular weight excluding hydrogens is 334 g/mol. The van der Waals surface area contributed by atoms with Gasteiger partial charge in [0.2, 0.25) is 0 Å². The molecule has 0 spiro atoms. The van der Waals surface area contributed by atoms with Crippen molar-refractivity contribution in [2.24, 2.45) is 0 Å². The van der Waals surface area contributed by atoms with E-state index in [1.807, 2.05) is 6.92 Å². The lowest BCUT2D eigenvalue weighted by Crippen LogP contribution is -2.52. The van der Waals surface area contributed by atoms with E-state index in [0.717, 1.165) is 5.56 Å². The van der Waals surface area contributed by atoms with E-state index < -0.39 is 12.2 Å². The lowest BCUT2D eigenvalue weighted by atomic mass is 10.2. The van der Waals surface area contributed by atoms with Crippen LogP contribution in [0.2, 0.25) is 5.02 Å². The van der Waals surface area contributed by atoms with E-state index in [-0.39, 0.29) is 11.8 Å². The summed E-state index contributed by atoms with van der Waals surface area (Å²) in [6.45, 7) is 1.86. The molecule has 2 fully saturated rings. The summed E-state index contributed by atoms with van der Waals surface area (Å²) in [6, 6.07) is 3.44. The fourth-order valence-corrected chi connectivity index (χ4v) is 3.23. The number of aryl methyl sites for hydroxylation is 1. The third-order valence-electron chi connectivity index (χ3n) is 3.48. The molecule has 2 amide bonds. The number of fused-ring (bicyclic) bond motifs is 2. The average molecular weight is 345 g/mol. The second-order valence-corrected chi connectivity index (χ2v) is 6.02. The topological polar surface area (TPSA) is 46.6 Å². The summed E-state index contributed by atoms with van der Waals surface area (Å²) in [4.78, 5) is 25.7. The van der Waals surface area contributed by atoms with Crippen molar-refractivity contribution in [2.75, 3.05) is 4.90 Å². The second kappa shape index (κ2) is 4.58. The van der Waals surface area contributed by atoms with Crippen molar-refractivity contribution in [1.29, 1.82) is 0 Å². The highest BCUT2D eigenvalue weighted by molar-refractivity contribution is 9.10. The standard InChI is InChI=1S/C13H11BrClNO3/c1-6-4-7(14)9(5-8(6)15)16-12(17)10-2-3-11(19-10)13(16)18/h4-5,10-11H,2-3H2,1H3. The summed E-state index contributed by atoms with van der Waals surface area (Å²) in [7, 11) is 0. The molecule has 1 aromatic rings. The van der Waals surface area contributed by atoms with Gasteiger partial charge in [-0.05, 0) is 53.4 Å². The SMILES string of the molecule is Cc1cc(Br)c(N2C(=O)C3CCC(O3)C2=O)cc1Cl. The summed E-state index contributed by atoms with van der Waals surface area (Å²) in [5.74, 6) is -0.612. The van der Waals surface area contributed by atoms with E-state index >= 15 is 0 Å². The van der Waals surface area contributed by atoms with Crippen LogP contribution in [0, 0.1) is 6.92 Å². The number of halogens is 2. The first-order valence-corrected chi connectivity index (χ1v) is 7.15. The van der Waals surface area contributed by atoms with Gasteiger partial charge in [-0.25, -0.2) is 4.90 Å². The van der Waals surface area contributed by atoms with Gasteiger partial charge in [0.1, 0.15) is 12.2 Å². The van der Waals surface area contributed by atoms with Gasteiger partial charge in [-0.1, -0.05) is 11.6 Å². The van der Waals surface area contributed by atoms with Crippen LogP contribution in [-0.2, 0) is 14.3 Å². The van der Waals surface area contributed by atoms with Crippen LogP contribution >= 0.6 is 27.5 Å². The van der Waals surface area contributed by atoms with Crippen LogP contribution in [0.15, 0.2) is 16.6 Å². The molecule has 100 valence electrons. The van der Waals surface area contributed by atoms with Crippen molar-refractivity contribution in [1.82, 2.24) is 0 Å². The molecule has 1 aromatic carbocycles. The van der Waals surface area contributed by atoms with E-state index in [1.165, 1.54) is 4.90 Å². The highest BCUT2D eigenvalue weighted by Gasteiger charge is 2.47. The molecule has 2 unspecified atom stereocenters. The molecule has 0 saturated carbocycles. The maximum absolute atomic E-state index is 12.3. The van der Waals surface area contributed by atoms with Crippen molar-refractivity contribution in [2.45, 2.75) is 32.0 Å². The summed E-state index contributed by atoms with van der Waals surface area (Å²) >= 11 is 9.47. The van der Waals surface area contributed by atoms with E-state index in [0.29, 0.717) is 28.0 Å². The molecule has 3 rings (SSSR count). The van der Waals surface area contributed by atoms with Gasteiger partial charge in [0.05, 0.1) is 5.69 Å². The molecule has 0 N–H and O–H groups in total. The Bertz CT molecular complexity index is 567. The van der Waals surface area contributed by atoms with Gasteiger partial charge in [-0.15, -0.1) is 0 Å². The first kappa shape index (κ1) is 13.1. The highest BCUT2D eigenvalue weighted by atomic mass is 79.9. The molecule has 2 aliphatic rings. The predicted octanol–water partition coefficient (Wildman–Crippen LogP) is 2.83. The number of benzene rings is 1. The number of morpholine rings is 1. The molecule has 4 nitrogen and oxygen atoms in total. The van der Waals surface area contributed by atoms with Crippen molar-refractivity contribution in [3.05, 3.63) is 27.2 Å². The number of imide groups is 1. The Hall–Kier alpha value is -0.910. The highest BCUT2D eigenvalue weighted by Crippen LogP contribution is 2.37. The van der Waals surface area contributed by atoms with Gasteiger partial charge in [0, 0.05) is 9.50 Å². The first-order chi connectivity index (χ1) is 8.99. The molecule has 2 atom stereocenters. The second-order valence-electron chi connectivity index (χ2n) is 4.76. The molecule has 2 bridgehead atoms. The quantitative estimate of drug-likeness (QED) is 0.736. The number of nitrogens with zero attached hydrogens (tertiary/aromatic N) is 1. The third kappa shape index (κ3) is 2.00. The maximum atomic E-state index is 12.3. The lowest BCUT2D eigenvalue weighted by molar-refractivity contribution is -0.146. The summed E-state index contributed by atoms with van der Waals surface area (Å²) in [5.41, 5.74) is 1.37. The molecule has 2 aliphatic heterocycles. The van der Waals surface area contributed by atoms with Crippen LogP contribution in [0.1, 0.15) is 18.4 Å². The molecule has 6 heteroatoms. The Morgan fingerprint density at radius 1 is 1.26 bits per heavy atom. The minimum Gasteiger partial charge on any atom is -0.355 e. The number of carbonyl (C=O) groups is 2. The number of carbonyl (C=O) groups excluding carboxylic acids is 2. The molecule has 2 saturated heterocycles. The van der Waals surface area contributed by atoms with Gasteiger partial charge >= 0.3 is 0 Å². The van der Waals surface area contributed by atoms with Gasteiger partial charge in [0.25, 0.3) is 11.8 Å². The lowest BCUT2D eigenvalue weighted by Gasteiger charge is -2.30. The number of rotatable bonds is 1. The largest absolute Gasteiger partial charge is 0.355 e. The fraction of sp³-hybridized carbons (Fsp3) is 0.385. The third-order valence-corrected chi connectivity index (χ3v) is 4.52. The summed E-state index contributed by atoms with van der Waals surface area (Å²) < 4.78 is 6.06. The van der Waals surface area contributed by atoms with Crippen LogP contribution in [0.25, 0.3) is 0 Å². The van der Waals surface area contributed by atoms with Crippen molar-refractivity contribution >= 4 is 45.0 Å². The van der Waals surface area contributed by atoms with E-state index in [4.69, 9.17) is 16.3 Å². The van der Waals surface area contributed by atoms with E-state index in [2.05, 4.69) is 15.9 Å². The Kier molecular flexibility index (Phi) is 3.15. The van der Waals surface area contributed by atoms with Crippen LogP contribution in [0.4, 0.5) is 5.69 Å².